The van der Waals surface area contributed by atoms with E-state index in [-0.39, 0.29) is 41.1 Å². The summed E-state index contributed by atoms with van der Waals surface area (Å²) in [5, 5.41) is 12.4. The van der Waals surface area contributed by atoms with Gasteiger partial charge in [0.25, 0.3) is 10.0 Å². The van der Waals surface area contributed by atoms with Gasteiger partial charge in [0, 0.05) is 14.1 Å². The first-order chi connectivity index (χ1) is 24.3. The lowest BCUT2D eigenvalue weighted by Gasteiger charge is -2.11. The Labute approximate surface area is 313 Å². The molecule has 0 fully saturated rings. The van der Waals surface area contributed by atoms with Crippen molar-refractivity contribution >= 4 is 56.6 Å². The number of rotatable bonds is 9. The second kappa shape index (κ2) is 19.7. The fourth-order valence-electron chi connectivity index (χ4n) is 3.73. The average Bonchev–Trinajstić information content (AvgIpc) is 3.53. The summed E-state index contributed by atoms with van der Waals surface area (Å²) < 4.78 is 104. The van der Waals surface area contributed by atoms with Crippen LogP contribution in [0.15, 0.2) is 46.2 Å². The monoisotopic (exact) mass is 828 g/mol. The van der Waals surface area contributed by atoms with Gasteiger partial charge in [0.1, 0.15) is 23.1 Å². The average molecular weight is 829 g/mol. The summed E-state index contributed by atoms with van der Waals surface area (Å²) in [5.74, 6) is -2.33. The topological polar surface area (TPSA) is 232 Å². The predicted molar refractivity (Wildman–Crippen MR) is 189 cm³/mol. The summed E-state index contributed by atoms with van der Waals surface area (Å²) in [6, 6.07) is 6.26. The van der Waals surface area contributed by atoms with Crippen LogP contribution in [0.5, 0.6) is 23.5 Å². The first-order valence-electron chi connectivity index (χ1n) is 14.2. The van der Waals surface area contributed by atoms with E-state index in [9.17, 15) is 35.2 Å². The van der Waals surface area contributed by atoms with E-state index in [1.807, 2.05) is 6.92 Å². The minimum atomic E-state index is -4.57. The van der Waals surface area contributed by atoms with Gasteiger partial charge in [-0.15, -0.1) is 19.6 Å². The van der Waals surface area contributed by atoms with Gasteiger partial charge in [-0.2, -0.15) is 0 Å². The Balaban J connectivity index is 0.000000427. The first kappa shape index (κ1) is 46.0. The van der Waals surface area contributed by atoms with E-state index in [2.05, 4.69) is 19.7 Å². The van der Waals surface area contributed by atoms with Crippen molar-refractivity contribution in [3.8, 4) is 23.5 Å². The molecule has 0 aliphatic rings. The number of carbonyl (C=O) groups is 2. The molecule has 0 spiro atoms. The van der Waals surface area contributed by atoms with Crippen LogP contribution in [0.2, 0.25) is 0 Å². The lowest BCUT2D eigenvalue weighted by Crippen LogP contribution is -2.35. The molecule has 0 unspecified atom stereocenters. The number of sulfonamides is 2. The Hall–Kier alpha value is -4.98. The van der Waals surface area contributed by atoms with Gasteiger partial charge in [-0.05, 0) is 62.5 Å². The minimum absolute atomic E-state index is 0. The van der Waals surface area contributed by atoms with Crippen molar-refractivity contribution < 1.29 is 58.9 Å². The van der Waals surface area contributed by atoms with E-state index >= 15 is 0 Å². The quantitative estimate of drug-likeness (QED) is 0.230. The lowest BCUT2D eigenvalue weighted by molar-refractivity contribution is 0.168. The third-order valence-corrected chi connectivity index (χ3v) is 9.28. The number of benzene rings is 2. The standard InChI is InChI=1S/C13H15FN4O5S2.C7H8FNO3S.C7H11N3O3S.CH4/c1-4-23-12-15-18(13(24)17(12)2)11(19)16-25(20,21)10-8(14)6-5-7-9(10)22-3;1-12-6-4-2-3-5(8)7(6)13(9,10)11;1-4-13-5-8-10(7(11)12-3)6(14)9(5)2;/h5-7H,4H2,1-3H3,(H,16,19);2-4H,1H3,(H2,9,10,11);4H2,1-3H3;1H4. The van der Waals surface area contributed by atoms with Crippen LogP contribution in [0.25, 0.3) is 0 Å². The number of hydrogen-bond donors (Lipinski definition) is 2. The van der Waals surface area contributed by atoms with Crippen molar-refractivity contribution in [2.24, 2.45) is 19.2 Å². The highest BCUT2D eigenvalue weighted by Gasteiger charge is 2.28. The number of ether oxygens (including phenoxy) is 5. The molecular weight excluding hydrogens is 791 g/mol. The molecular formula is C28H38F2N8O11S4. The summed E-state index contributed by atoms with van der Waals surface area (Å²) in [5.41, 5.74) is 0. The van der Waals surface area contributed by atoms with Gasteiger partial charge in [0.2, 0.25) is 19.6 Å². The largest absolute Gasteiger partial charge is 0.495 e. The van der Waals surface area contributed by atoms with Crippen LogP contribution < -0.4 is 28.8 Å². The fraction of sp³-hybridized carbons (Fsp3) is 0.357. The number of carbonyl (C=O) groups excluding carboxylic acids is 2. The number of nitrogens with one attached hydrogen (secondary N) is 1. The zero-order valence-electron chi connectivity index (χ0n) is 28.5. The molecule has 0 aliphatic carbocycles. The third-order valence-electron chi connectivity index (χ3n) is 6.04. The van der Waals surface area contributed by atoms with Crippen LogP contribution in [-0.4, -0.2) is 92.2 Å². The molecule has 4 aromatic rings. The van der Waals surface area contributed by atoms with Crippen molar-refractivity contribution in [2.75, 3.05) is 34.5 Å². The van der Waals surface area contributed by atoms with E-state index in [1.54, 1.807) is 18.7 Å². The highest BCUT2D eigenvalue weighted by atomic mass is 32.2. The lowest BCUT2D eigenvalue weighted by atomic mass is 10.3. The Morgan fingerprint density at radius 1 is 0.792 bits per heavy atom. The Morgan fingerprint density at radius 3 is 1.60 bits per heavy atom. The number of nitrogens with zero attached hydrogens (tertiary/aromatic N) is 6. The number of hydrogen-bond acceptors (Lipinski definition) is 15. The van der Waals surface area contributed by atoms with E-state index in [0.717, 1.165) is 16.8 Å². The Kier molecular flexibility index (Phi) is 17.2. The molecule has 0 bridgehead atoms. The maximum Gasteiger partial charge on any atom is 0.437 e. The molecule has 0 atom stereocenters. The van der Waals surface area contributed by atoms with Crippen molar-refractivity contribution in [2.45, 2.75) is 31.1 Å². The van der Waals surface area contributed by atoms with Crippen LogP contribution in [-0.2, 0) is 38.9 Å². The number of nitrogens with two attached hydrogens (primary N) is 1. The molecule has 0 saturated carbocycles. The van der Waals surface area contributed by atoms with Crippen molar-refractivity contribution in [1.29, 1.82) is 0 Å². The molecule has 53 heavy (non-hydrogen) atoms. The third kappa shape index (κ3) is 11.3. The van der Waals surface area contributed by atoms with Gasteiger partial charge < -0.3 is 23.7 Å². The molecule has 0 aliphatic heterocycles. The molecule has 2 aromatic heterocycles. The number of aromatic nitrogens is 6. The second-order valence-electron chi connectivity index (χ2n) is 9.41. The predicted octanol–water partition coefficient (Wildman–Crippen LogP) is 3.53. The van der Waals surface area contributed by atoms with Crippen LogP contribution in [0.3, 0.4) is 0 Å². The SMILES string of the molecule is C.CCOc1nn(C(=O)NS(=O)(=O)c2c(F)cccc2OC)c(=S)n1C.CCOc1nn(C(=O)OC)c(=S)n1C.COc1cccc(F)c1S(N)(=O)=O. The molecule has 0 radical (unpaired) electrons. The summed E-state index contributed by atoms with van der Waals surface area (Å²) in [7, 11) is -1.80. The van der Waals surface area contributed by atoms with Crippen LogP contribution in [0.4, 0.5) is 18.4 Å². The van der Waals surface area contributed by atoms with Crippen LogP contribution in [0, 0.1) is 21.2 Å². The number of methoxy groups -OCH3 is 3. The van der Waals surface area contributed by atoms with Gasteiger partial charge in [-0.3, -0.25) is 9.13 Å². The molecule has 2 heterocycles. The molecule has 19 nitrogen and oxygen atoms in total. The molecule has 25 heteroatoms. The summed E-state index contributed by atoms with van der Waals surface area (Å²) >= 11 is 9.97. The van der Waals surface area contributed by atoms with Crippen molar-refractivity contribution in [3.63, 3.8) is 0 Å². The van der Waals surface area contributed by atoms with Gasteiger partial charge >= 0.3 is 24.1 Å². The molecule has 4 rings (SSSR count). The van der Waals surface area contributed by atoms with Crippen LogP contribution >= 0.6 is 24.4 Å². The van der Waals surface area contributed by atoms with Gasteiger partial charge in [0.15, 0.2) is 9.79 Å². The molecule has 0 saturated heterocycles. The minimum Gasteiger partial charge on any atom is -0.495 e. The van der Waals surface area contributed by atoms with Gasteiger partial charge in [-0.25, -0.2) is 45.1 Å². The van der Waals surface area contributed by atoms with Crippen molar-refractivity contribution in [3.05, 3.63) is 57.6 Å². The Morgan fingerprint density at radius 2 is 1.21 bits per heavy atom. The summed E-state index contributed by atoms with van der Waals surface area (Å²) in [4.78, 5) is 22.0. The van der Waals surface area contributed by atoms with Gasteiger partial charge in [-0.1, -0.05) is 19.6 Å². The highest BCUT2D eigenvalue weighted by molar-refractivity contribution is 7.90. The fourth-order valence-corrected chi connectivity index (χ4v) is 6.06. The van der Waals surface area contributed by atoms with Crippen LogP contribution in [0.1, 0.15) is 21.3 Å². The maximum absolute atomic E-state index is 14.0. The van der Waals surface area contributed by atoms with Crippen molar-refractivity contribution in [1.82, 2.24) is 33.4 Å². The molecule has 294 valence electrons. The molecule has 3 N–H and O–H groups in total. The van der Waals surface area contributed by atoms with E-state index in [4.69, 9.17) is 43.8 Å². The first-order valence-corrected chi connectivity index (χ1v) is 18.1. The molecule has 1 amide bonds. The van der Waals surface area contributed by atoms with E-state index in [1.165, 1.54) is 61.8 Å². The summed E-state index contributed by atoms with van der Waals surface area (Å²) in [6.45, 7) is 4.25. The summed E-state index contributed by atoms with van der Waals surface area (Å²) in [6.07, 6.45) is -0.628. The normalized spacial score (nSPS) is 10.7. The smallest absolute Gasteiger partial charge is 0.437 e. The number of primary sulfonamides is 1. The zero-order valence-corrected chi connectivity index (χ0v) is 31.8. The number of halogens is 2. The van der Waals surface area contributed by atoms with E-state index < -0.39 is 53.6 Å². The van der Waals surface area contributed by atoms with E-state index in [0.29, 0.717) is 17.3 Å². The molecule has 2 aromatic carbocycles. The van der Waals surface area contributed by atoms with Gasteiger partial charge in [0.05, 0.1) is 34.5 Å². The second-order valence-corrected chi connectivity index (χ2v) is 13.3. The highest BCUT2D eigenvalue weighted by Crippen LogP contribution is 2.26. The maximum atomic E-state index is 14.0. The number of amides is 1. The Bertz CT molecular complexity index is 2250. The zero-order chi connectivity index (χ0) is 39.6.